The highest BCUT2D eigenvalue weighted by atomic mass is 79.9. The summed E-state index contributed by atoms with van der Waals surface area (Å²) in [6.07, 6.45) is 0.957. The van der Waals surface area contributed by atoms with Crippen LogP contribution in [0.1, 0.15) is 6.92 Å². The van der Waals surface area contributed by atoms with Crippen LogP contribution in [0.5, 0.6) is 0 Å². The van der Waals surface area contributed by atoms with Gasteiger partial charge in [-0.15, -0.1) is 0 Å². The molecule has 0 spiro atoms. The van der Waals surface area contributed by atoms with E-state index in [1.807, 2.05) is 19.1 Å². The molecule has 1 amide bonds. The molecule has 6 heteroatoms. The lowest BCUT2D eigenvalue weighted by atomic mass is 10.2. The van der Waals surface area contributed by atoms with E-state index in [0.29, 0.717) is 19.6 Å². The number of carboxylic acid groups (broad SMARTS) is 1. The first-order valence-corrected chi connectivity index (χ1v) is 6.23. The lowest BCUT2D eigenvalue weighted by Crippen LogP contribution is -2.53. The maximum atomic E-state index is 10.9. The van der Waals surface area contributed by atoms with Crippen molar-refractivity contribution < 1.29 is 9.90 Å². The van der Waals surface area contributed by atoms with Crippen molar-refractivity contribution in [2.45, 2.75) is 13.0 Å². The number of pyridine rings is 1. The third kappa shape index (κ3) is 2.69. The number of anilines is 1. The van der Waals surface area contributed by atoms with Gasteiger partial charge in [0.2, 0.25) is 0 Å². The zero-order valence-electron chi connectivity index (χ0n) is 9.51. The molecule has 1 atom stereocenters. The van der Waals surface area contributed by atoms with Crippen molar-refractivity contribution in [1.29, 1.82) is 0 Å². The Labute approximate surface area is 108 Å². The van der Waals surface area contributed by atoms with Crippen molar-refractivity contribution in [3.8, 4) is 0 Å². The fraction of sp³-hybridized carbons (Fsp3) is 0.455. The van der Waals surface area contributed by atoms with Gasteiger partial charge in [-0.25, -0.2) is 9.78 Å². The zero-order chi connectivity index (χ0) is 12.4. The maximum absolute atomic E-state index is 10.9. The van der Waals surface area contributed by atoms with E-state index in [2.05, 4.69) is 25.8 Å². The molecule has 1 aliphatic heterocycles. The maximum Gasteiger partial charge on any atom is 0.407 e. The highest BCUT2D eigenvalue weighted by Crippen LogP contribution is 2.19. The quantitative estimate of drug-likeness (QED) is 0.806. The molecular weight excluding hydrogens is 286 g/mol. The number of aromatic nitrogens is 1. The van der Waals surface area contributed by atoms with Crippen molar-refractivity contribution in [1.82, 2.24) is 9.88 Å². The predicted molar refractivity (Wildman–Crippen MR) is 68.3 cm³/mol. The van der Waals surface area contributed by atoms with Crippen molar-refractivity contribution in [3.05, 3.63) is 22.9 Å². The van der Waals surface area contributed by atoms with Crippen LogP contribution in [0.25, 0.3) is 0 Å². The number of nitrogens with zero attached hydrogens (tertiary/aromatic N) is 3. The van der Waals surface area contributed by atoms with E-state index in [9.17, 15) is 4.79 Å². The van der Waals surface area contributed by atoms with Gasteiger partial charge in [0.25, 0.3) is 0 Å². The van der Waals surface area contributed by atoms with Crippen molar-refractivity contribution >= 4 is 27.7 Å². The molecule has 1 aromatic heterocycles. The van der Waals surface area contributed by atoms with Crippen LogP contribution in [0.3, 0.4) is 0 Å². The third-order valence-electron chi connectivity index (χ3n) is 2.95. The molecule has 0 bridgehead atoms. The molecular formula is C11H14BrN3O2. The lowest BCUT2D eigenvalue weighted by Gasteiger charge is -2.39. The smallest absolute Gasteiger partial charge is 0.407 e. The van der Waals surface area contributed by atoms with Gasteiger partial charge in [-0.2, -0.15) is 0 Å². The molecule has 0 saturated carbocycles. The standard InChI is InChI=1S/C11H14BrN3O2/c1-8-7-14(4-5-15(8)11(16)17)9-2-3-10(12)13-6-9/h2-3,6,8H,4-5,7H2,1H3,(H,16,17). The Balaban J connectivity index is 2.06. The topological polar surface area (TPSA) is 56.7 Å². The van der Waals surface area contributed by atoms with Crippen LogP contribution >= 0.6 is 15.9 Å². The summed E-state index contributed by atoms with van der Waals surface area (Å²) in [5.41, 5.74) is 1.03. The van der Waals surface area contributed by atoms with Crippen molar-refractivity contribution in [3.63, 3.8) is 0 Å². The molecule has 5 nitrogen and oxygen atoms in total. The number of hydrogen-bond acceptors (Lipinski definition) is 3. The first-order valence-electron chi connectivity index (χ1n) is 5.44. The summed E-state index contributed by atoms with van der Waals surface area (Å²) in [6.45, 7) is 3.87. The summed E-state index contributed by atoms with van der Waals surface area (Å²) < 4.78 is 0.804. The van der Waals surface area contributed by atoms with Gasteiger partial charge in [-0.1, -0.05) is 0 Å². The van der Waals surface area contributed by atoms with Crippen LogP contribution in [-0.2, 0) is 0 Å². The van der Waals surface area contributed by atoms with Gasteiger partial charge in [0, 0.05) is 25.7 Å². The molecule has 0 aliphatic carbocycles. The van der Waals surface area contributed by atoms with Gasteiger partial charge in [0.05, 0.1) is 11.9 Å². The number of amides is 1. The lowest BCUT2D eigenvalue weighted by molar-refractivity contribution is 0.122. The number of piperazine rings is 1. The Hall–Kier alpha value is -1.30. The van der Waals surface area contributed by atoms with Gasteiger partial charge in [0.15, 0.2) is 0 Å². The van der Waals surface area contributed by atoms with E-state index in [1.54, 1.807) is 6.20 Å². The SMILES string of the molecule is CC1CN(c2ccc(Br)nc2)CCN1C(=O)O. The van der Waals surface area contributed by atoms with E-state index in [0.717, 1.165) is 10.3 Å². The van der Waals surface area contributed by atoms with Crippen LogP contribution in [0.2, 0.25) is 0 Å². The fourth-order valence-corrected chi connectivity index (χ4v) is 2.27. The van der Waals surface area contributed by atoms with Crippen LogP contribution in [0.4, 0.5) is 10.5 Å². The summed E-state index contributed by atoms with van der Waals surface area (Å²) in [4.78, 5) is 18.8. The Morgan fingerprint density at radius 3 is 2.82 bits per heavy atom. The van der Waals surface area contributed by atoms with Gasteiger partial charge >= 0.3 is 6.09 Å². The molecule has 2 heterocycles. The van der Waals surface area contributed by atoms with E-state index >= 15 is 0 Å². The molecule has 1 saturated heterocycles. The van der Waals surface area contributed by atoms with E-state index in [4.69, 9.17) is 5.11 Å². The largest absolute Gasteiger partial charge is 0.465 e. The molecule has 2 rings (SSSR count). The van der Waals surface area contributed by atoms with Gasteiger partial charge in [0.1, 0.15) is 4.60 Å². The third-order valence-corrected chi connectivity index (χ3v) is 3.42. The van der Waals surface area contributed by atoms with Crippen LogP contribution in [-0.4, -0.2) is 46.8 Å². The van der Waals surface area contributed by atoms with Gasteiger partial charge in [-0.05, 0) is 35.0 Å². The monoisotopic (exact) mass is 299 g/mol. The summed E-state index contributed by atoms with van der Waals surface area (Å²) in [5, 5.41) is 8.99. The second-order valence-electron chi connectivity index (χ2n) is 4.11. The van der Waals surface area contributed by atoms with Crippen LogP contribution in [0, 0.1) is 0 Å². The van der Waals surface area contributed by atoms with Crippen LogP contribution in [0.15, 0.2) is 22.9 Å². The van der Waals surface area contributed by atoms with E-state index in [1.165, 1.54) is 4.90 Å². The van der Waals surface area contributed by atoms with E-state index < -0.39 is 6.09 Å². The van der Waals surface area contributed by atoms with E-state index in [-0.39, 0.29) is 6.04 Å². The number of carbonyl (C=O) groups is 1. The first-order chi connectivity index (χ1) is 8.08. The highest BCUT2D eigenvalue weighted by molar-refractivity contribution is 9.10. The second-order valence-corrected chi connectivity index (χ2v) is 4.92. The summed E-state index contributed by atoms with van der Waals surface area (Å²) >= 11 is 3.29. The molecule has 1 fully saturated rings. The minimum Gasteiger partial charge on any atom is -0.465 e. The first kappa shape index (κ1) is 12.2. The minimum absolute atomic E-state index is 0.00453. The van der Waals surface area contributed by atoms with Crippen molar-refractivity contribution in [2.24, 2.45) is 0 Å². The number of rotatable bonds is 1. The summed E-state index contributed by atoms with van der Waals surface area (Å²) in [7, 11) is 0. The van der Waals surface area contributed by atoms with Gasteiger partial charge < -0.3 is 14.9 Å². The molecule has 1 aromatic rings. The zero-order valence-corrected chi connectivity index (χ0v) is 11.1. The fourth-order valence-electron chi connectivity index (χ4n) is 2.03. The number of halogens is 1. The molecule has 1 unspecified atom stereocenters. The molecule has 0 aromatic carbocycles. The number of hydrogen-bond donors (Lipinski definition) is 1. The average molecular weight is 300 g/mol. The molecule has 1 N–H and O–H groups in total. The molecule has 92 valence electrons. The predicted octanol–water partition coefficient (Wildman–Crippen LogP) is 2.03. The Morgan fingerprint density at radius 2 is 2.29 bits per heavy atom. The Kier molecular flexibility index (Phi) is 3.51. The summed E-state index contributed by atoms with van der Waals surface area (Å²) in [5.74, 6) is 0. The Morgan fingerprint density at radius 1 is 1.53 bits per heavy atom. The van der Waals surface area contributed by atoms with Gasteiger partial charge in [-0.3, -0.25) is 0 Å². The van der Waals surface area contributed by atoms with Crippen LogP contribution < -0.4 is 4.90 Å². The summed E-state index contributed by atoms with van der Waals surface area (Å²) in [6, 6.07) is 3.88. The Bertz CT molecular complexity index is 410. The highest BCUT2D eigenvalue weighted by Gasteiger charge is 2.27. The average Bonchev–Trinajstić information content (AvgIpc) is 2.29. The molecule has 17 heavy (non-hydrogen) atoms. The minimum atomic E-state index is -0.842. The second kappa shape index (κ2) is 4.91. The van der Waals surface area contributed by atoms with Crippen molar-refractivity contribution in [2.75, 3.05) is 24.5 Å². The molecule has 0 radical (unpaired) electrons. The molecule has 1 aliphatic rings. The normalized spacial score (nSPS) is 20.5.